The second-order valence-corrected chi connectivity index (χ2v) is 5.64. The maximum absolute atomic E-state index is 11.9. The van der Waals surface area contributed by atoms with E-state index in [1.54, 1.807) is 0 Å². The van der Waals surface area contributed by atoms with Gasteiger partial charge < -0.3 is 9.64 Å². The van der Waals surface area contributed by atoms with Gasteiger partial charge in [-0.1, -0.05) is 45.4 Å². The number of rotatable bonds is 9. The average molecular weight is 269 g/mol. The number of ether oxygens (including phenoxy) is 1. The Labute approximate surface area is 118 Å². The summed E-state index contributed by atoms with van der Waals surface area (Å²) in [4.78, 5) is 13.8. The lowest BCUT2D eigenvalue weighted by Crippen LogP contribution is -2.40. The fraction of sp³-hybridized carbons (Fsp3) is 0.938. The highest BCUT2D eigenvalue weighted by atomic mass is 16.5. The monoisotopic (exact) mass is 269 g/mol. The summed E-state index contributed by atoms with van der Waals surface area (Å²) in [6, 6.07) is 0. The Bertz CT molecular complexity index is 243. The first-order valence-corrected chi connectivity index (χ1v) is 8.16. The van der Waals surface area contributed by atoms with Crippen molar-refractivity contribution in [3.05, 3.63) is 0 Å². The predicted molar refractivity (Wildman–Crippen MR) is 79.0 cm³/mol. The maximum Gasteiger partial charge on any atom is 0.224 e. The van der Waals surface area contributed by atoms with Gasteiger partial charge in [-0.05, 0) is 26.2 Å². The number of hydrogen-bond donors (Lipinski definition) is 0. The summed E-state index contributed by atoms with van der Waals surface area (Å²) in [6.45, 7) is 5.91. The van der Waals surface area contributed by atoms with Crippen LogP contribution >= 0.6 is 0 Å². The molecule has 1 heterocycles. The van der Waals surface area contributed by atoms with Gasteiger partial charge in [0.15, 0.2) is 0 Å². The lowest BCUT2D eigenvalue weighted by Gasteiger charge is -2.27. The largest absolute Gasteiger partial charge is 0.359 e. The third-order valence-electron chi connectivity index (χ3n) is 3.91. The highest BCUT2D eigenvalue weighted by Crippen LogP contribution is 2.15. The van der Waals surface area contributed by atoms with E-state index in [0.29, 0.717) is 6.42 Å². The molecule has 3 heteroatoms. The highest BCUT2D eigenvalue weighted by molar-refractivity contribution is 5.76. The third-order valence-corrected chi connectivity index (χ3v) is 3.91. The van der Waals surface area contributed by atoms with Gasteiger partial charge >= 0.3 is 0 Å². The predicted octanol–water partition coefficient (Wildman–Crippen LogP) is 4.11. The minimum absolute atomic E-state index is 0.0405. The third kappa shape index (κ3) is 6.95. The van der Waals surface area contributed by atoms with E-state index in [4.69, 9.17) is 4.74 Å². The van der Waals surface area contributed by atoms with Gasteiger partial charge in [0, 0.05) is 19.6 Å². The minimum Gasteiger partial charge on any atom is -0.359 e. The van der Waals surface area contributed by atoms with E-state index in [1.165, 1.54) is 38.5 Å². The topological polar surface area (TPSA) is 29.5 Å². The van der Waals surface area contributed by atoms with Crippen molar-refractivity contribution in [2.75, 3.05) is 13.2 Å². The van der Waals surface area contributed by atoms with E-state index in [-0.39, 0.29) is 12.1 Å². The summed E-state index contributed by atoms with van der Waals surface area (Å²) >= 11 is 0. The highest BCUT2D eigenvalue weighted by Gasteiger charge is 2.21. The molecule has 112 valence electrons. The van der Waals surface area contributed by atoms with Crippen molar-refractivity contribution in [1.29, 1.82) is 0 Å². The number of nitrogens with zero attached hydrogens (tertiary/aromatic N) is 1. The van der Waals surface area contributed by atoms with Gasteiger partial charge in [0.1, 0.15) is 6.23 Å². The quantitative estimate of drug-likeness (QED) is 0.589. The second kappa shape index (κ2) is 10.2. The average Bonchev–Trinajstić information content (AvgIpc) is 2.62. The van der Waals surface area contributed by atoms with Crippen LogP contribution in [0.25, 0.3) is 0 Å². The molecule has 19 heavy (non-hydrogen) atoms. The van der Waals surface area contributed by atoms with Crippen molar-refractivity contribution in [3.63, 3.8) is 0 Å². The summed E-state index contributed by atoms with van der Waals surface area (Å²) in [6.07, 6.45) is 11.7. The van der Waals surface area contributed by atoms with Crippen LogP contribution in [0.4, 0.5) is 0 Å². The number of hydrogen-bond acceptors (Lipinski definition) is 2. The first-order chi connectivity index (χ1) is 9.25. The molecule has 0 aromatic rings. The van der Waals surface area contributed by atoms with Gasteiger partial charge in [0.2, 0.25) is 5.91 Å². The summed E-state index contributed by atoms with van der Waals surface area (Å²) in [5.74, 6) is 0.271. The Hall–Kier alpha value is -0.570. The van der Waals surface area contributed by atoms with Crippen molar-refractivity contribution in [2.45, 2.75) is 84.3 Å². The molecule has 1 aliphatic heterocycles. The Morgan fingerprint density at radius 1 is 1.11 bits per heavy atom. The van der Waals surface area contributed by atoms with Crippen LogP contribution in [0.3, 0.4) is 0 Å². The molecule has 1 saturated heterocycles. The Morgan fingerprint density at radius 3 is 2.63 bits per heavy atom. The van der Waals surface area contributed by atoms with Crippen molar-refractivity contribution in [3.8, 4) is 0 Å². The van der Waals surface area contributed by atoms with Crippen LogP contribution in [0.2, 0.25) is 0 Å². The minimum atomic E-state index is -0.0405. The summed E-state index contributed by atoms with van der Waals surface area (Å²) < 4.78 is 5.82. The van der Waals surface area contributed by atoms with Crippen molar-refractivity contribution < 1.29 is 9.53 Å². The van der Waals surface area contributed by atoms with Gasteiger partial charge in [-0.3, -0.25) is 4.79 Å². The fourth-order valence-electron chi connectivity index (χ4n) is 2.61. The van der Waals surface area contributed by atoms with Crippen molar-refractivity contribution >= 4 is 5.91 Å². The number of carbonyl (C=O) groups is 1. The van der Waals surface area contributed by atoms with Gasteiger partial charge in [-0.25, -0.2) is 0 Å². The number of unbranched alkanes of at least 4 members (excludes halogenated alkanes) is 5. The van der Waals surface area contributed by atoms with Crippen LogP contribution in [-0.4, -0.2) is 30.2 Å². The lowest BCUT2D eigenvalue weighted by molar-refractivity contribution is -0.144. The molecule has 1 fully saturated rings. The lowest BCUT2D eigenvalue weighted by atomic mass is 10.1. The van der Waals surface area contributed by atoms with E-state index in [0.717, 1.165) is 32.4 Å². The molecule has 0 aliphatic carbocycles. The van der Waals surface area contributed by atoms with Gasteiger partial charge in [-0.2, -0.15) is 0 Å². The molecule has 0 N–H and O–H groups in total. The molecule has 3 nitrogen and oxygen atoms in total. The van der Waals surface area contributed by atoms with Crippen LogP contribution in [0, 0.1) is 0 Å². The van der Waals surface area contributed by atoms with Crippen LogP contribution in [0.1, 0.15) is 78.1 Å². The normalized spacial score (nSPS) is 18.4. The van der Waals surface area contributed by atoms with Gasteiger partial charge in [0.25, 0.3) is 0 Å². The smallest absolute Gasteiger partial charge is 0.224 e. The number of amides is 1. The molecule has 1 aliphatic rings. The fourth-order valence-corrected chi connectivity index (χ4v) is 2.61. The van der Waals surface area contributed by atoms with E-state index < -0.39 is 0 Å². The molecule has 1 unspecified atom stereocenters. The Morgan fingerprint density at radius 2 is 1.84 bits per heavy atom. The van der Waals surface area contributed by atoms with Gasteiger partial charge in [-0.15, -0.1) is 0 Å². The molecule has 0 spiro atoms. The molecule has 0 radical (unpaired) electrons. The molecule has 1 rings (SSSR count). The molecule has 0 saturated carbocycles. The summed E-state index contributed by atoms with van der Waals surface area (Å²) in [5.41, 5.74) is 0. The first kappa shape index (κ1) is 16.5. The van der Waals surface area contributed by atoms with Crippen LogP contribution in [0.15, 0.2) is 0 Å². The number of likely N-dealkylation sites (tertiary alicyclic amines) is 1. The zero-order valence-corrected chi connectivity index (χ0v) is 12.8. The van der Waals surface area contributed by atoms with Crippen LogP contribution < -0.4 is 0 Å². The zero-order valence-electron chi connectivity index (χ0n) is 12.8. The van der Waals surface area contributed by atoms with E-state index in [1.807, 2.05) is 11.8 Å². The molecular weight excluding hydrogens is 238 g/mol. The number of carbonyl (C=O) groups excluding carboxylic acids is 1. The van der Waals surface area contributed by atoms with E-state index in [9.17, 15) is 4.79 Å². The molecular formula is C16H31NO2. The summed E-state index contributed by atoms with van der Waals surface area (Å²) in [5, 5.41) is 0. The van der Waals surface area contributed by atoms with Crippen molar-refractivity contribution in [1.82, 2.24) is 4.90 Å². The Balaban J connectivity index is 2.09. The van der Waals surface area contributed by atoms with E-state index in [2.05, 4.69) is 6.92 Å². The molecule has 1 amide bonds. The maximum atomic E-state index is 11.9. The van der Waals surface area contributed by atoms with E-state index >= 15 is 0 Å². The van der Waals surface area contributed by atoms with Gasteiger partial charge in [0.05, 0.1) is 0 Å². The van der Waals surface area contributed by atoms with Crippen LogP contribution in [-0.2, 0) is 9.53 Å². The first-order valence-electron chi connectivity index (χ1n) is 8.16. The summed E-state index contributed by atoms with van der Waals surface area (Å²) in [7, 11) is 0. The van der Waals surface area contributed by atoms with Crippen LogP contribution in [0.5, 0.6) is 0 Å². The zero-order chi connectivity index (χ0) is 13.9. The SMILES string of the molecule is CCCCCCCCOC(C)N1CCCCCC1=O. The molecule has 0 aromatic heterocycles. The Kier molecular flexibility index (Phi) is 8.89. The molecule has 0 aromatic carbocycles. The standard InChI is InChI=1S/C16H31NO2/c1-3-4-5-6-7-11-14-19-15(2)17-13-10-8-9-12-16(17)18/h15H,3-14H2,1-2H3. The molecule has 0 bridgehead atoms. The second-order valence-electron chi connectivity index (χ2n) is 5.64. The van der Waals surface area contributed by atoms with Crippen molar-refractivity contribution in [2.24, 2.45) is 0 Å². The molecule has 1 atom stereocenters.